The van der Waals surface area contributed by atoms with Crippen LogP contribution in [0.3, 0.4) is 0 Å². The molecule has 2 heteroatoms. The van der Waals surface area contributed by atoms with Gasteiger partial charge in [0.2, 0.25) is 0 Å². The van der Waals surface area contributed by atoms with Crippen molar-refractivity contribution in [3.8, 4) is 0 Å². The van der Waals surface area contributed by atoms with E-state index in [0.717, 1.165) is 0 Å². The highest BCUT2D eigenvalue weighted by Crippen LogP contribution is 2.17. The number of nitrogens with zero attached hydrogens (tertiary/aromatic N) is 1. The summed E-state index contributed by atoms with van der Waals surface area (Å²) in [5.74, 6) is 4.49. The normalized spacial score (nSPS) is 20.5. The molecular weight excluding hydrogens is 145 g/mol. The molecule has 0 amide bonds. The molecule has 2 rings (SSSR count). The second-order valence-corrected chi connectivity index (χ2v) is 3.40. The summed E-state index contributed by atoms with van der Waals surface area (Å²) in [5.41, 5.74) is 2.65. The minimum Gasteiger partial charge on any atom is -0.390 e. The maximum absolute atomic E-state index is 2.26. The molecule has 0 aromatic carbocycles. The minimum atomic E-state index is 0.443. The molecule has 0 saturated heterocycles. The van der Waals surface area contributed by atoms with Gasteiger partial charge >= 0.3 is 6.85 Å². The largest absolute Gasteiger partial charge is 0.390 e. The highest BCUT2D eigenvalue weighted by molar-refractivity contribution is 6.68. The van der Waals surface area contributed by atoms with Gasteiger partial charge in [0.05, 0.1) is 0 Å². The van der Waals surface area contributed by atoms with Gasteiger partial charge in [0.15, 0.2) is 0 Å². The Kier molecular flexibility index (Phi) is 1.68. The van der Waals surface area contributed by atoms with Crippen molar-refractivity contribution >= 4 is 6.85 Å². The van der Waals surface area contributed by atoms with E-state index in [4.69, 9.17) is 0 Å². The quantitative estimate of drug-likeness (QED) is 0.487. The second-order valence-electron chi connectivity index (χ2n) is 3.40. The molecule has 1 nitrogen and oxygen atoms in total. The van der Waals surface area contributed by atoms with E-state index in [1.54, 1.807) is 0 Å². The second kappa shape index (κ2) is 2.70. The molecule has 60 valence electrons. The van der Waals surface area contributed by atoms with E-state index in [1.165, 1.54) is 11.1 Å². The zero-order valence-corrected chi connectivity index (χ0v) is 7.49. The topological polar surface area (TPSA) is 3.24 Å². The minimum absolute atomic E-state index is 0.443. The van der Waals surface area contributed by atoms with E-state index in [-0.39, 0.29) is 0 Å². The molecule has 2 heterocycles. The molecule has 2 aliphatic heterocycles. The third-order valence-electron chi connectivity index (χ3n) is 2.20. The van der Waals surface area contributed by atoms with Gasteiger partial charge in [-0.3, -0.25) is 0 Å². The van der Waals surface area contributed by atoms with Crippen LogP contribution in [0.25, 0.3) is 0 Å². The Morgan fingerprint density at radius 1 is 1.17 bits per heavy atom. The average molecular weight is 157 g/mol. The van der Waals surface area contributed by atoms with Gasteiger partial charge in [-0.05, 0) is 37.9 Å². The molecule has 0 aromatic heterocycles. The van der Waals surface area contributed by atoms with Gasteiger partial charge < -0.3 is 4.81 Å². The predicted molar refractivity (Wildman–Crippen MR) is 53.4 cm³/mol. The van der Waals surface area contributed by atoms with E-state index in [0.29, 0.717) is 6.85 Å². The van der Waals surface area contributed by atoms with Crippen molar-refractivity contribution in [2.24, 2.45) is 0 Å². The first-order valence-electron chi connectivity index (χ1n) is 4.26. The smallest absolute Gasteiger partial charge is 0.312 e. The van der Waals surface area contributed by atoms with Crippen LogP contribution in [0.1, 0.15) is 13.8 Å². The molecule has 0 radical (unpaired) electrons. The zero-order chi connectivity index (χ0) is 8.55. The first-order valence-corrected chi connectivity index (χ1v) is 4.26. The Hall–Kier alpha value is -1.18. The van der Waals surface area contributed by atoms with E-state index >= 15 is 0 Å². The highest BCUT2D eigenvalue weighted by Gasteiger charge is 2.18. The van der Waals surface area contributed by atoms with Crippen molar-refractivity contribution in [3.05, 3.63) is 47.6 Å². The molecular formula is C10H12BN. The molecule has 2 aliphatic rings. The van der Waals surface area contributed by atoms with E-state index in [1.807, 2.05) is 0 Å². The lowest BCUT2D eigenvalue weighted by atomic mass is 9.57. The summed E-state index contributed by atoms with van der Waals surface area (Å²) in [4.78, 5) is 2.22. The maximum Gasteiger partial charge on any atom is 0.312 e. The molecule has 0 N–H and O–H groups in total. The lowest BCUT2D eigenvalue weighted by Crippen LogP contribution is -2.31. The van der Waals surface area contributed by atoms with Crippen molar-refractivity contribution in [1.82, 2.24) is 4.81 Å². The average Bonchev–Trinajstić information content (AvgIpc) is 2.05. The summed E-state index contributed by atoms with van der Waals surface area (Å²) in [6.07, 6.45) is 8.61. The van der Waals surface area contributed by atoms with E-state index in [2.05, 4.69) is 55.2 Å². The summed E-state index contributed by atoms with van der Waals surface area (Å²) in [7, 11) is 0. The van der Waals surface area contributed by atoms with Crippen LogP contribution in [0.15, 0.2) is 47.6 Å². The lowest BCUT2D eigenvalue weighted by Gasteiger charge is -2.26. The van der Waals surface area contributed by atoms with E-state index < -0.39 is 0 Å². The summed E-state index contributed by atoms with van der Waals surface area (Å²) in [5, 5.41) is 0. The third kappa shape index (κ3) is 1.25. The molecule has 0 atom stereocenters. The number of allylic oxidation sites excluding steroid dienone is 4. The van der Waals surface area contributed by atoms with Crippen LogP contribution >= 0.6 is 0 Å². The molecule has 12 heavy (non-hydrogen) atoms. The number of hydrogen-bond acceptors (Lipinski definition) is 1. The van der Waals surface area contributed by atoms with Crippen LogP contribution in [0.2, 0.25) is 0 Å². The fraction of sp³-hybridized carbons (Fsp3) is 0.200. The molecule has 0 bridgehead atoms. The van der Waals surface area contributed by atoms with Crippen molar-refractivity contribution in [2.75, 3.05) is 0 Å². The fourth-order valence-electron chi connectivity index (χ4n) is 1.53. The van der Waals surface area contributed by atoms with Gasteiger partial charge in [0, 0.05) is 0 Å². The summed E-state index contributed by atoms with van der Waals surface area (Å²) >= 11 is 0. The first kappa shape index (κ1) is 7.47. The van der Waals surface area contributed by atoms with Crippen molar-refractivity contribution in [2.45, 2.75) is 13.8 Å². The van der Waals surface area contributed by atoms with Gasteiger partial charge in [-0.2, -0.15) is 0 Å². The number of hydrogen-bond donors (Lipinski definition) is 0. The van der Waals surface area contributed by atoms with Crippen molar-refractivity contribution in [3.63, 3.8) is 0 Å². The van der Waals surface area contributed by atoms with Crippen LogP contribution in [-0.2, 0) is 0 Å². The Balaban J connectivity index is 2.29. The van der Waals surface area contributed by atoms with Crippen LogP contribution in [0.4, 0.5) is 0 Å². The summed E-state index contributed by atoms with van der Waals surface area (Å²) < 4.78 is 0. The third-order valence-corrected chi connectivity index (χ3v) is 2.20. The zero-order valence-electron chi connectivity index (χ0n) is 7.49. The Morgan fingerprint density at radius 2 is 2.00 bits per heavy atom. The van der Waals surface area contributed by atoms with Crippen LogP contribution in [0.5, 0.6) is 0 Å². The highest BCUT2D eigenvalue weighted by atomic mass is 15.0. The molecule has 0 saturated carbocycles. The van der Waals surface area contributed by atoms with Gasteiger partial charge in [0.1, 0.15) is 0 Å². The molecule has 0 fully saturated rings. The standard InChI is InChI=1S/C10H12BN/c1-9-4-6-12-8-10(2)3-5-11(12)7-9/h3-8H,1-2H3. The molecule has 0 spiro atoms. The Bertz CT molecular complexity index is 278. The Labute approximate surface area is 73.9 Å². The van der Waals surface area contributed by atoms with Crippen LogP contribution < -0.4 is 0 Å². The van der Waals surface area contributed by atoms with Crippen LogP contribution in [0, 0.1) is 0 Å². The molecule has 0 aliphatic carbocycles. The van der Waals surface area contributed by atoms with Crippen molar-refractivity contribution in [1.29, 1.82) is 0 Å². The predicted octanol–water partition coefficient (Wildman–Crippen LogP) is 2.31. The SMILES string of the molecule is CC1=CB2C=CC(C)=CN2C=C1. The molecule has 0 unspecified atom stereocenters. The summed E-state index contributed by atoms with van der Waals surface area (Å²) in [6, 6.07) is 0. The van der Waals surface area contributed by atoms with Crippen molar-refractivity contribution < 1.29 is 0 Å². The lowest BCUT2D eigenvalue weighted by molar-refractivity contribution is 0.778. The van der Waals surface area contributed by atoms with Gasteiger partial charge in [-0.25, -0.2) is 0 Å². The number of fused-ring (bicyclic) bond motifs is 1. The first-order chi connectivity index (χ1) is 5.75. The van der Waals surface area contributed by atoms with E-state index in [9.17, 15) is 0 Å². The maximum atomic E-state index is 2.26. The Morgan fingerprint density at radius 3 is 2.83 bits per heavy atom. The van der Waals surface area contributed by atoms with Gasteiger partial charge in [-0.1, -0.05) is 23.6 Å². The fourth-order valence-corrected chi connectivity index (χ4v) is 1.53. The molecule has 0 aromatic rings. The number of rotatable bonds is 0. The summed E-state index contributed by atoms with van der Waals surface area (Å²) in [6.45, 7) is 4.69. The van der Waals surface area contributed by atoms with Gasteiger partial charge in [-0.15, -0.1) is 0 Å². The van der Waals surface area contributed by atoms with Gasteiger partial charge in [0.25, 0.3) is 0 Å². The monoisotopic (exact) mass is 157 g/mol. The van der Waals surface area contributed by atoms with Crippen LogP contribution in [-0.4, -0.2) is 11.7 Å².